The van der Waals surface area contributed by atoms with E-state index in [1.807, 2.05) is 0 Å². The fourth-order valence-corrected chi connectivity index (χ4v) is 0.889. The topological polar surface area (TPSA) is 111 Å². The number of nitrogens with zero attached hydrogens (tertiary/aromatic N) is 3. The molecule has 0 bridgehead atoms. The van der Waals surface area contributed by atoms with Gasteiger partial charge in [0.15, 0.2) is 4.98 Å². The van der Waals surface area contributed by atoms with Crippen molar-refractivity contribution in [2.75, 3.05) is 0 Å². The van der Waals surface area contributed by atoms with Crippen LogP contribution in [0, 0.1) is 15.5 Å². The number of benzene rings is 1. The lowest BCUT2D eigenvalue weighted by Gasteiger charge is -1.97. The fourth-order valence-electron chi connectivity index (χ4n) is 0.889. The Balaban J connectivity index is 3.34. The molecule has 14 heavy (non-hydrogen) atoms. The molecule has 0 aliphatic rings. The first-order valence-corrected chi connectivity index (χ1v) is 3.41. The Morgan fingerprint density at radius 1 is 1.50 bits per heavy atom. The van der Waals surface area contributed by atoms with Crippen molar-refractivity contribution in [2.45, 2.75) is 0 Å². The first-order valence-electron chi connectivity index (χ1n) is 3.41. The molecule has 0 saturated heterocycles. The van der Waals surface area contributed by atoms with Crippen LogP contribution < -0.4 is 5.11 Å². The van der Waals surface area contributed by atoms with Gasteiger partial charge in [0.2, 0.25) is 5.39 Å². The quantitative estimate of drug-likeness (QED) is 0.384. The molecule has 0 aromatic heterocycles. The van der Waals surface area contributed by atoms with Crippen molar-refractivity contribution in [1.82, 2.24) is 0 Å². The third kappa shape index (κ3) is 1.64. The summed E-state index contributed by atoms with van der Waals surface area (Å²) in [5.41, 5.74) is -1.17. The lowest BCUT2D eigenvalue weighted by molar-refractivity contribution is -0.384. The number of carboxylic acids is 1. The first-order chi connectivity index (χ1) is 6.56. The Bertz CT molecular complexity index is 449. The molecule has 1 aromatic rings. The summed E-state index contributed by atoms with van der Waals surface area (Å²) >= 11 is 0. The number of aromatic carboxylic acids is 1. The number of carboxylic acid groups (broad SMARTS) is 1. The number of carbonyl (C=O) groups excluding carboxylic acids is 1. The molecule has 0 fully saturated rings. The maximum absolute atomic E-state index is 10.4. The zero-order valence-electron chi connectivity index (χ0n) is 6.71. The molecular formula is C7H3N3O4. The van der Waals surface area contributed by atoms with Crippen LogP contribution in [0.3, 0.4) is 0 Å². The first kappa shape index (κ1) is 9.60. The predicted octanol–water partition coefficient (Wildman–Crippen LogP) is 0.443. The molecule has 0 radical (unpaired) electrons. The van der Waals surface area contributed by atoms with Crippen LogP contribution in [0.2, 0.25) is 0 Å². The van der Waals surface area contributed by atoms with Crippen molar-refractivity contribution in [3.8, 4) is 0 Å². The van der Waals surface area contributed by atoms with Crippen molar-refractivity contribution in [3.63, 3.8) is 0 Å². The largest absolute Gasteiger partial charge is 0.545 e. The summed E-state index contributed by atoms with van der Waals surface area (Å²) in [5.74, 6) is -1.56. The molecule has 0 N–H and O–H groups in total. The van der Waals surface area contributed by atoms with Gasteiger partial charge < -0.3 is 9.90 Å². The summed E-state index contributed by atoms with van der Waals surface area (Å²) in [5, 5.41) is 29.1. The van der Waals surface area contributed by atoms with Gasteiger partial charge in [-0.05, 0) is 6.07 Å². The minimum atomic E-state index is -1.56. The number of carbonyl (C=O) groups is 1. The Hall–Kier alpha value is -2.49. The molecule has 7 nitrogen and oxygen atoms in total. The molecule has 0 amide bonds. The molecule has 0 atom stereocenters. The summed E-state index contributed by atoms with van der Waals surface area (Å²) in [6, 6.07) is 2.77. The second-order valence-corrected chi connectivity index (χ2v) is 2.35. The standard InChI is InChI=1S/C7H3N3O4/c8-9-6-3-4(10(13)14)1-2-5(6)7(11)12/h1-3H. The summed E-state index contributed by atoms with van der Waals surface area (Å²) in [6.45, 7) is 0. The molecule has 0 heterocycles. The molecule has 0 aliphatic carbocycles. The molecule has 1 aromatic carbocycles. The third-order valence-corrected chi connectivity index (χ3v) is 1.52. The van der Waals surface area contributed by atoms with E-state index in [1.165, 1.54) is 0 Å². The number of nitro groups is 1. The lowest BCUT2D eigenvalue weighted by Crippen LogP contribution is -2.22. The van der Waals surface area contributed by atoms with Crippen LogP contribution in [-0.2, 0) is 0 Å². The van der Waals surface area contributed by atoms with Crippen LogP contribution in [0.4, 0.5) is 11.4 Å². The van der Waals surface area contributed by atoms with E-state index in [4.69, 9.17) is 5.39 Å². The molecule has 70 valence electrons. The smallest absolute Gasteiger partial charge is 0.400 e. The van der Waals surface area contributed by atoms with Gasteiger partial charge in [-0.3, -0.25) is 10.1 Å². The maximum atomic E-state index is 10.4. The molecule has 0 unspecified atom stereocenters. The Morgan fingerprint density at radius 2 is 2.14 bits per heavy atom. The van der Waals surface area contributed by atoms with Crippen LogP contribution in [0.1, 0.15) is 10.4 Å². The van der Waals surface area contributed by atoms with Gasteiger partial charge in [-0.15, -0.1) is 0 Å². The fraction of sp³-hybridized carbons (Fsp3) is 0. The molecular weight excluding hydrogens is 190 g/mol. The SMILES string of the molecule is N#[N+]c1cc([N+](=O)[O-])ccc1C(=O)[O-]. The van der Waals surface area contributed by atoms with Crippen molar-refractivity contribution in [3.05, 3.63) is 38.9 Å². The summed E-state index contributed by atoms with van der Waals surface area (Å²) < 4.78 is 0. The van der Waals surface area contributed by atoms with Gasteiger partial charge in [-0.25, -0.2) is 0 Å². The van der Waals surface area contributed by atoms with E-state index in [2.05, 4.69) is 4.98 Å². The number of diazo groups is 1. The van der Waals surface area contributed by atoms with Crippen LogP contribution in [0.25, 0.3) is 4.98 Å². The van der Waals surface area contributed by atoms with Crippen LogP contribution in [0.5, 0.6) is 0 Å². The second kappa shape index (κ2) is 3.49. The highest BCUT2D eigenvalue weighted by molar-refractivity contribution is 5.93. The van der Waals surface area contributed by atoms with Crippen molar-refractivity contribution < 1.29 is 14.8 Å². The van der Waals surface area contributed by atoms with E-state index in [0.29, 0.717) is 0 Å². The molecule has 0 aliphatic heterocycles. The van der Waals surface area contributed by atoms with Crippen LogP contribution >= 0.6 is 0 Å². The minimum absolute atomic E-state index is 0.359. The highest BCUT2D eigenvalue weighted by atomic mass is 16.6. The monoisotopic (exact) mass is 193 g/mol. The Morgan fingerprint density at radius 3 is 2.57 bits per heavy atom. The Kier molecular flexibility index (Phi) is 2.39. The average molecular weight is 193 g/mol. The van der Waals surface area contributed by atoms with E-state index >= 15 is 0 Å². The molecule has 0 spiro atoms. The van der Waals surface area contributed by atoms with Gasteiger partial charge >= 0.3 is 5.69 Å². The van der Waals surface area contributed by atoms with Gasteiger partial charge in [-0.1, -0.05) is 0 Å². The van der Waals surface area contributed by atoms with E-state index in [0.717, 1.165) is 18.2 Å². The molecule has 7 heteroatoms. The van der Waals surface area contributed by atoms with Gasteiger partial charge in [0, 0.05) is 6.07 Å². The number of hydrogen-bond acceptors (Lipinski definition) is 5. The van der Waals surface area contributed by atoms with E-state index in [-0.39, 0.29) is 5.69 Å². The van der Waals surface area contributed by atoms with Gasteiger partial charge in [0.25, 0.3) is 5.69 Å². The van der Waals surface area contributed by atoms with E-state index in [9.17, 15) is 20.0 Å². The third-order valence-electron chi connectivity index (χ3n) is 1.52. The summed E-state index contributed by atoms with van der Waals surface area (Å²) in [7, 11) is 0. The number of non-ortho nitro benzene ring substituents is 1. The van der Waals surface area contributed by atoms with Crippen LogP contribution in [-0.4, -0.2) is 10.9 Å². The second-order valence-electron chi connectivity index (χ2n) is 2.35. The van der Waals surface area contributed by atoms with Crippen LogP contribution in [0.15, 0.2) is 18.2 Å². The zero-order chi connectivity index (χ0) is 10.7. The number of hydrogen-bond donors (Lipinski definition) is 0. The molecule has 0 saturated carbocycles. The number of rotatable bonds is 2. The van der Waals surface area contributed by atoms with E-state index < -0.39 is 22.1 Å². The summed E-state index contributed by atoms with van der Waals surface area (Å²) in [6.07, 6.45) is 0. The highest BCUT2D eigenvalue weighted by Crippen LogP contribution is 2.24. The van der Waals surface area contributed by atoms with E-state index in [1.54, 1.807) is 0 Å². The highest BCUT2D eigenvalue weighted by Gasteiger charge is 2.19. The lowest BCUT2D eigenvalue weighted by atomic mass is 10.1. The zero-order valence-corrected chi connectivity index (χ0v) is 6.71. The average Bonchev–Trinajstić information content (AvgIpc) is 2.16. The van der Waals surface area contributed by atoms with Crippen molar-refractivity contribution >= 4 is 17.3 Å². The summed E-state index contributed by atoms with van der Waals surface area (Å²) in [4.78, 5) is 22.6. The maximum Gasteiger partial charge on any atom is 0.400 e. The normalized spacial score (nSPS) is 9.07. The predicted molar refractivity (Wildman–Crippen MR) is 42.2 cm³/mol. The Labute approximate surface area is 77.4 Å². The minimum Gasteiger partial charge on any atom is -0.545 e. The van der Waals surface area contributed by atoms with Crippen molar-refractivity contribution in [2.24, 2.45) is 0 Å². The molecule has 1 rings (SSSR count). The van der Waals surface area contributed by atoms with Gasteiger partial charge in [0.05, 0.1) is 16.5 Å². The van der Waals surface area contributed by atoms with Gasteiger partial charge in [0.1, 0.15) is 6.07 Å². The van der Waals surface area contributed by atoms with Gasteiger partial charge in [-0.2, -0.15) is 0 Å². The number of nitro benzene ring substituents is 1. The van der Waals surface area contributed by atoms with Crippen molar-refractivity contribution in [1.29, 1.82) is 5.39 Å².